The van der Waals surface area contributed by atoms with E-state index < -0.39 is 10.9 Å². The van der Waals surface area contributed by atoms with Gasteiger partial charge in [0, 0.05) is 12.1 Å². The maximum absolute atomic E-state index is 13.7. The van der Waals surface area contributed by atoms with Gasteiger partial charge in [0.25, 0.3) is 11.2 Å². The second-order valence-electron chi connectivity index (χ2n) is 7.86. The summed E-state index contributed by atoms with van der Waals surface area (Å²) in [6.45, 7) is 0. The summed E-state index contributed by atoms with van der Waals surface area (Å²) < 4.78 is 1.40. The maximum atomic E-state index is 13.7. The highest BCUT2D eigenvalue weighted by atomic mass is 16.6. The zero-order valence-electron chi connectivity index (χ0n) is 18.2. The van der Waals surface area contributed by atoms with Crippen molar-refractivity contribution in [1.29, 1.82) is 0 Å². The molecule has 170 valence electrons. The van der Waals surface area contributed by atoms with E-state index in [-0.39, 0.29) is 16.8 Å². The SMILES string of the molecule is O=C(O)c1ccc(-n2c(/C=C/c3cccc([N+](=O)[O-])c3)nc3cc4ccccc4cc3c2=O)cc1. The lowest BCUT2D eigenvalue weighted by Crippen LogP contribution is -2.22. The van der Waals surface area contributed by atoms with Gasteiger partial charge in [0.05, 0.1) is 27.1 Å². The number of hydrogen-bond donors (Lipinski definition) is 1. The summed E-state index contributed by atoms with van der Waals surface area (Å²) in [6.07, 6.45) is 3.25. The summed E-state index contributed by atoms with van der Waals surface area (Å²) in [6, 6.07) is 23.3. The van der Waals surface area contributed by atoms with Crippen LogP contribution in [0.5, 0.6) is 0 Å². The molecule has 8 nitrogen and oxygen atoms in total. The van der Waals surface area contributed by atoms with Crippen LogP contribution in [0.2, 0.25) is 0 Å². The van der Waals surface area contributed by atoms with Crippen LogP contribution in [-0.4, -0.2) is 25.6 Å². The summed E-state index contributed by atoms with van der Waals surface area (Å²) in [5.41, 5.74) is 1.25. The van der Waals surface area contributed by atoms with Gasteiger partial charge in [-0.05, 0) is 58.8 Å². The molecular weight excluding hydrogens is 446 g/mol. The summed E-state index contributed by atoms with van der Waals surface area (Å²) in [5.74, 6) is -0.773. The van der Waals surface area contributed by atoms with Gasteiger partial charge < -0.3 is 5.11 Å². The molecule has 5 rings (SSSR count). The number of aromatic nitrogens is 2. The largest absolute Gasteiger partial charge is 0.478 e. The van der Waals surface area contributed by atoms with E-state index >= 15 is 0 Å². The zero-order chi connectivity index (χ0) is 24.5. The van der Waals surface area contributed by atoms with E-state index in [4.69, 9.17) is 4.98 Å². The molecule has 1 aromatic heterocycles. The first-order chi connectivity index (χ1) is 16.9. The fourth-order valence-corrected chi connectivity index (χ4v) is 3.92. The van der Waals surface area contributed by atoms with E-state index in [9.17, 15) is 24.8 Å². The van der Waals surface area contributed by atoms with Gasteiger partial charge >= 0.3 is 5.97 Å². The molecule has 5 aromatic rings. The van der Waals surface area contributed by atoms with Crippen molar-refractivity contribution in [3.63, 3.8) is 0 Å². The number of nitro groups is 1. The Kier molecular flexibility index (Phi) is 5.39. The molecular formula is C27H17N3O5. The third-order valence-electron chi connectivity index (χ3n) is 5.64. The second-order valence-corrected chi connectivity index (χ2v) is 7.86. The molecule has 0 saturated carbocycles. The Labute approximate surface area is 198 Å². The lowest BCUT2D eigenvalue weighted by atomic mass is 10.1. The molecule has 35 heavy (non-hydrogen) atoms. The number of non-ortho nitro benzene ring substituents is 1. The van der Waals surface area contributed by atoms with Gasteiger partial charge in [0.2, 0.25) is 0 Å². The molecule has 0 atom stereocenters. The molecule has 0 fully saturated rings. The molecule has 1 N–H and O–H groups in total. The van der Waals surface area contributed by atoms with Gasteiger partial charge in [-0.3, -0.25) is 19.5 Å². The summed E-state index contributed by atoms with van der Waals surface area (Å²) in [5, 5.41) is 22.6. The number of rotatable bonds is 5. The minimum atomic E-state index is -1.07. The molecule has 8 heteroatoms. The number of carboxylic acid groups (broad SMARTS) is 1. The molecule has 4 aromatic carbocycles. The van der Waals surface area contributed by atoms with E-state index in [0.29, 0.717) is 28.0 Å². The fourth-order valence-electron chi connectivity index (χ4n) is 3.92. The first-order valence-electron chi connectivity index (χ1n) is 10.6. The zero-order valence-corrected chi connectivity index (χ0v) is 18.2. The van der Waals surface area contributed by atoms with Crippen LogP contribution < -0.4 is 5.56 Å². The van der Waals surface area contributed by atoms with Gasteiger partial charge in [-0.25, -0.2) is 9.78 Å². The van der Waals surface area contributed by atoms with Gasteiger partial charge in [-0.2, -0.15) is 0 Å². The van der Waals surface area contributed by atoms with Gasteiger partial charge in [0.15, 0.2) is 0 Å². The molecule has 0 spiro atoms. The average Bonchev–Trinajstić information content (AvgIpc) is 2.87. The fraction of sp³-hybridized carbons (Fsp3) is 0. The Morgan fingerprint density at radius 1 is 0.914 bits per heavy atom. The van der Waals surface area contributed by atoms with Crippen molar-refractivity contribution < 1.29 is 14.8 Å². The number of carbonyl (C=O) groups is 1. The number of nitrogens with zero attached hydrogens (tertiary/aromatic N) is 3. The van der Waals surface area contributed by atoms with Crippen LogP contribution in [0.3, 0.4) is 0 Å². The predicted octanol–water partition coefficient (Wildman–Crippen LogP) is 5.32. The molecule has 0 aliphatic rings. The Balaban J connectivity index is 1.73. The first-order valence-corrected chi connectivity index (χ1v) is 10.6. The van der Waals surface area contributed by atoms with Crippen LogP contribution in [0.25, 0.3) is 39.5 Å². The monoisotopic (exact) mass is 463 g/mol. The van der Waals surface area contributed by atoms with Gasteiger partial charge in [-0.1, -0.05) is 42.5 Å². The number of hydrogen-bond acceptors (Lipinski definition) is 5. The van der Waals surface area contributed by atoms with Crippen LogP contribution >= 0.6 is 0 Å². The number of carboxylic acids is 1. The smallest absolute Gasteiger partial charge is 0.335 e. The number of aromatic carboxylic acids is 1. The van der Waals surface area contributed by atoms with Crippen LogP contribution in [0, 0.1) is 10.1 Å². The highest BCUT2D eigenvalue weighted by Crippen LogP contribution is 2.22. The van der Waals surface area contributed by atoms with Crippen LogP contribution in [0.1, 0.15) is 21.7 Å². The Bertz CT molecular complexity index is 1720. The van der Waals surface area contributed by atoms with Gasteiger partial charge in [0.1, 0.15) is 5.82 Å². The van der Waals surface area contributed by atoms with Crippen molar-refractivity contribution in [2.75, 3.05) is 0 Å². The molecule has 0 amide bonds. The van der Waals surface area contributed by atoms with Crippen molar-refractivity contribution in [2.45, 2.75) is 0 Å². The molecule has 0 bridgehead atoms. The van der Waals surface area contributed by atoms with E-state index in [2.05, 4.69) is 0 Å². The Morgan fingerprint density at radius 3 is 2.31 bits per heavy atom. The van der Waals surface area contributed by atoms with E-state index in [1.54, 1.807) is 42.5 Å². The summed E-state index contributed by atoms with van der Waals surface area (Å²) in [4.78, 5) is 40.3. The van der Waals surface area contributed by atoms with Crippen molar-refractivity contribution in [1.82, 2.24) is 9.55 Å². The van der Waals surface area contributed by atoms with Crippen molar-refractivity contribution in [3.8, 4) is 5.69 Å². The van der Waals surface area contributed by atoms with E-state index in [1.807, 2.05) is 30.3 Å². The highest BCUT2D eigenvalue weighted by molar-refractivity contribution is 5.96. The normalized spacial score (nSPS) is 11.3. The molecule has 0 radical (unpaired) electrons. The van der Waals surface area contributed by atoms with E-state index in [1.165, 1.54) is 28.8 Å². The lowest BCUT2D eigenvalue weighted by molar-refractivity contribution is -0.384. The second kappa shape index (κ2) is 8.68. The molecule has 0 unspecified atom stereocenters. The van der Waals surface area contributed by atoms with E-state index in [0.717, 1.165) is 10.8 Å². The average molecular weight is 463 g/mol. The highest BCUT2D eigenvalue weighted by Gasteiger charge is 2.13. The minimum absolute atomic E-state index is 0.0493. The van der Waals surface area contributed by atoms with Crippen LogP contribution in [0.4, 0.5) is 5.69 Å². The van der Waals surface area contributed by atoms with Crippen LogP contribution in [0.15, 0.2) is 89.7 Å². The lowest BCUT2D eigenvalue weighted by Gasteiger charge is -2.12. The van der Waals surface area contributed by atoms with Crippen molar-refractivity contribution in [2.24, 2.45) is 0 Å². The third-order valence-corrected chi connectivity index (χ3v) is 5.64. The first kappa shape index (κ1) is 21.7. The number of nitro benzene ring substituents is 1. The maximum Gasteiger partial charge on any atom is 0.335 e. The summed E-state index contributed by atoms with van der Waals surface area (Å²) in [7, 11) is 0. The standard InChI is InChI=1S/C27H17N3O5/c31-26-23-15-19-5-1-2-6-20(19)16-24(23)28-25(13-8-17-4-3-7-22(14-17)30(34)35)29(26)21-11-9-18(10-12-21)27(32)33/h1-16H,(H,32,33)/b13-8+. The quantitative estimate of drug-likeness (QED) is 0.214. The van der Waals surface area contributed by atoms with Crippen molar-refractivity contribution >= 4 is 45.5 Å². The molecule has 0 aliphatic carbocycles. The minimum Gasteiger partial charge on any atom is -0.478 e. The summed E-state index contributed by atoms with van der Waals surface area (Å²) >= 11 is 0. The third kappa shape index (κ3) is 4.16. The molecule has 1 heterocycles. The van der Waals surface area contributed by atoms with Gasteiger partial charge in [-0.15, -0.1) is 0 Å². The molecule has 0 saturated heterocycles. The number of benzene rings is 4. The molecule has 0 aliphatic heterocycles. The van der Waals surface area contributed by atoms with Crippen molar-refractivity contribution in [3.05, 3.63) is 122 Å². The predicted molar refractivity (Wildman–Crippen MR) is 134 cm³/mol. The van der Waals surface area contributed by atoms with Crippen LogP contribution in [-0.2, 0) is 0 Å². The topological polar surface area (TPSA) is 115 Å². The Morgan fingerprint density at radius 2 is 1.63 bits per heavy atom. The Hall–Kier alpha value is -5.11. The number of fused-ring (bicyclic) bond motifs is 2.